The first-order chi connectivity index (χ1) is 15.2. The molecule has 0 spiro atoms. The van der Waals surface area contributed by atoms with Gasteiger partial charge in [0.25, 0.3) is 5.89 Å². The van der Waals surface area contributed by atoms with E-state index in [1.165, 1.54) is 44.2 Å². The second kappa shape index (κ2) is 10.2. The van der Waals surface area contributed by atoms with Gasteiger partial charge in [0.2, 0.25) is 25.9 Å². The molecule has 32 heavy (non-hydrogen) atoms. The van der Waals surface area contributed by atoms with Gasteiger partial charge in [-0.2, -0.15) is 8.61 Å². The fraction of sp³-hybridized carbons (Fsp3) is 0.400. The van der Waals surface area contributed by atoms with Gasteiger partial charge >= 0.3 is 0 Å². The number of aromatic nitrogens is 2. The van der Waals surface area contributed by atoms with Crippen molar-refractivity contribution in [3.63, 3.8) is 0 Å². The molecule has 174 valence electrons. The van der Waals surface area contributed by atoms with Crippen LogP contribution >= 0.6 is 11.3 Å². The fourth-order valence-electron chi connectivity index (χ4n) is 3.15. The van der Waals surface area contributed by atoms with Crippen LogP contribution in [0, 0.1) is 0 Å². The molecule has 0 bridgehead atoms. The van der Waals surface area contributed by atoms with Crippen LogP contribution in [0.2, 0.25) is 0 Å². The van der Waals surface area contributed by atoms with Crippen LogP contribution in [0.1, 0.15) is 33.1 Å². The molecular formula is C20H26N4O5S3. The van der Waals surface area contributed by atoms with E-state index >= 15 is 0 Å². The maximum Gasteiger partial charge on any atom is 0.257 e. The molecule has 0 amide bonds. The molecule has 0 N–H and O–H groups in total. The lowest BCUT2D eigenvalue weighted by atomic mass is 10.4. The van der Waals surface area contributed by atoms with Crippen LogP contribution in [-0.2, 0) is 26.6 Å². The number of hydrogen-bond donors (Lipinski definition) is 0. The lowest BCUT2D eigenvalue weighted by molar-refractivity contribution is 0.357. The molecule has 0 aliphatic rings. The predicted octanol–water partition coefficient (Wildman–Crippen LogP) is 3.43. The van der Waals surface area contributed by atoms with E-state index in [4.69, 9.17) is 4.42 Å². The predicted molar refractivity (Wildman–Crippen MR) is 122 cm³/mol. The summed E-state index contributed by atoms with van der Waals surface area (Å²) in [7, 11) is -7.57. The molecule has 12 heteroatoms. The lowest BCUT2D eigenvalue weighted by Crippen LogP contribution is -2.32. The van der Waals surface area contributed by atoms with Gasteiger partial charge in [-0.15, -0.1) is 21.5 Å². The number of hydrogen-bond acceptors (Lipinski definition) is 8. The zero-order valence-corrected chi connectivity index (χ0v) is 20.6. The minimum Gasteiger partial charge on any atom is -0.418 e. The fourth-order valence-corrected chi connectivity index (χ4v) is 6.73. The normalized spacial score (nSPS) is 12.7. The van der Waals surface area contributed by atoms with Crippen molar-refractivity contribution in [2.24, 2.45) is 0 Å². The van der Waals surface area contributed by atoms with Crippen LogP contribution in [0.4, 0.5) is 0 Å². The first kappa shape index (κ1) is 24.5. The molecule has 0 aliphatic heterocycles. The largest absolute Gasteiger partial charge is 0.418 e. The molecule has 3 rings (SSSR count). The minimum atomic E-state index is -3.90. The minimum absolute atomic E-state index is 0.00226. The molecular weight excluding hydrogens is 472 g/mol. The number of benzene rings is 1. The van der Waals surface area contributed by atoms with Gasteiger partial charge in [0, 0.05) is 19.6 Å². The van der Waals surface area contributed by atoms with Crippen molar-refractivity contribution < 1.29 is 21.3 Å². The molecule has 9 nitrogen and oxygen atoms in total. The van der Waals surface area contributed by atoms with Crippen molar-refractivity contribution in [3.8, 4) is 10.8 Å². The topological polar surface area (TPSA) is 114 Å². The van der Waals surface area contributed by atoms with E-state index in [9.17, 15) is 16.8 Å². The maximum absolute atomic E-state index is 13.2. The Morgan fingerprint density at radius 2 is 1.47 bits per heavy atom. The molecule has 2 heterocycles. The molecule has 3 aromatic rings. The molecule has 0 saturated heterocycles. The zero-order valence-electron chi connectivity index (χ0n) is 18.1. The van der Waals surface area contributed by atoms with Crippen molar-refractivity contribution in [3.05, 3.63) is 47.7 Å². The average molecular weight is 499 g/mol. The van der Waals surface area contributed by atoms with Gasteiger partial charge in [0.1, 0.15) is 0 Å². The Morgan fingerprint density at radius 1 is 0.875 bits per heavy atom. The van der Waals surface area contributed by atoms with Crippen LogP contribution < -0.4 is 0 Å². The third kappa shape index (κ3) is 5.09. The molecule has 0 atom stereocenters. The highest BCUT2D eigenvalue weighted by Gasteiger charge is 2.28. The Hall–Kier alpha value is -2.12. The quantitative estimate of drug-likeness (QED) is 0.398. The van der Waals surface area contributed by atoms with Crippen molar-refractivity contribution in [2.45, 2.75) is 43.5 Å². The second-order valence-electron chi connectivity index (χ2n) is 6.88. The summed E-state index contributed by atoms with van der Waals surface area (Å²) in [6.07, 6.45) is 0.583. The van der Waals surface area contributed by atoms with Crippen molar-refractivity contribution in [2.75, 3.05) is 19.6 Å². The SMILES string of the molecule is CCCN(Cc1nnc(-c2cccs2)o1)S(=O)(=O)c1ccc(S(=O)(=O)N(CC)CC)cc1. The molecule has 0 radical (unpaired) electrons. The van der Waals surface area contributed by atoms with Crippen LogP contribution in [0.15, 0.2) is 56.0 Å². The van der Waals surface area contributed by atoms with E-state index < -0.39 is 20.0 Å². The van der Waals surface area contributed by atoms with Gasteiger partial charge in [0.05, 0.1) is 21.2 Å². The van der Waals surface area contributed by atoms with E-state index in [-0.39, 0.29) is 28.8 Å². The van der Waals surface area contributed by atoms with Crippen molar-refractivity contribution in [1.29, 1.82) is 0 Å². The van der Waals surface area contributed by atoms with Crippen molar-refractivity contribution in [1.82, 2.24) is 18.8 Å². The van der Waals surface area contributed by atoms with Gasteiger partial charge in [-0.3, -0.25) is 0 Å². The highest BCUT2D eigenvalue weighted by atomic mass is 32.2. The first-order valence-electron chi connectivity index (χ1n) is 10.2. The van der Waals surface area contributed by atoms with Gasteiger partial charge in [-0.1, -0.05) is 26.8 Å². The van der Waals surface area contributed by atoms with Gasteiger partial charge in [-0.05, 0) is 42.1 Å². The third-order valence-electron chi connectivity index (χ3n) is 4.79. The summed E-state index contributed by atoms with van der Waals surface area (Å²) in [6, 6.07) is 9.00. The third-order valence-corrected chi connectivity index (χ3v) is 9.57. The molecule has 0 saturated carbocycles. The average Bonchev–Trinajstić information content (AvgIpc) is 3.46. The second-order valence-corrected chi connectivity index (χ2v) is 11.7. The summed E-state index contributed by atoms with van der Waals surface area (Å²) in [6.45, 7) is 6.22. The Bertz CT molecular complexity index is 1220. The number of rotatable bonds is 11. The summed E-state index contributed by atoms with van der Waals surface area (Å²) < 4.78 is 60.1. The van der Waals surface area contributed by atoms with E-state index in [1.54, 1.807) is 13.8 Å². The maximum atomic E-state index is 13.2. The first-order valence-corrected chi connectivity index (χ1v) is 14.0. The lowest BCUT2D eigenvalue weighted by Gasteiger charge is -2.21. The summed E-state index contributed by atoms with van der Waals surface area (Å²) >= 11 is 1.45. The number of nitrogens with zero attached hydrogens (tertiary/aromatic N) is 4. The van der Waals surface area contributed by atoms with Gasteiger partial charge in [0.15, 0.2) is 0 Å². The molecule has 0 unspecified atom stereocenters. The zero-order chi connectivity index (χ0) is 23.4. The Balaban J connectivity index is 1.85. The summed E-state index contributed by atoms with van der Waals surface area (Å²) in [4.78, 5) is 0.862. The Morgan fingerprint density at radius 3 is 1.97 bits per heavy atom. The molecule has 0 fully saturated rings. The molecule has 1 aromatic carbocycles. The summed E-state index contributed by atoms with van der Waals surface area (Å²) in [5.41, 5.74) is 0. The standard InChI is InChI=1S/C20H26N4O5S3/c1-4-13-24(15-19-21-22-20(29-19)18-8-7-14-30-18)32(27,28)17-11-9-16(10-12-17)31(25,26)23(5-2)6-3/h7-12,14H,4-6,13,15H2,1-3H3. The van der Waals surface area contributed by atoms with Crippen LogP contribution in [0.5, 0.6) is 0 Å². The summed E-state index contributed by atoms with van der Waals surface area (Å²) in [5.74, 6) is 0.529. The highest BCUT2D eigenvalue weighted by molar-refractivity contribution is 7.89. The van der Waals surface area contributed by atoms with Crippen LogP contribution in [0.25, 0.3) is 10.8 Å². The van der Waals surface area contributed by atoms with Crippen LogP contribution in [-0.4, -0.2) is 55.3 Å². The Labute approximate surface area is 192 Å². The van der Waals surface area contributed by atoms with E-state index in [1.807, 2.05) is 24.4 Å². The van der Waals surface area contributed by atoms with Crippen molar-refractivity contribution >= 4 is 31.4 Å². The molecule has 0 aliphatic carbocycles. The van der Waals surface area contributed by atoms with E-state index in [0.29, 0.717) is 25.4 Å². The monoisotopic (exact) mass is 498 g/mol. The van der Waals surface area contributed by atoms with E-state index in [2.05, 4.69) is 10.2 Å². The Kier molecular flexibility index (Phi) is 7.83. The summed E-state index contributed by atoms with van der Waals surface area (Å²) in [5, 5.41) is 9.87. The van der Waals surface area contributed by atoms with Crippen LogP contribution in [0.3, 0.4) is 0 Å². The smallest absolute Gasteiger partial charge is 0.257 e. The van der Waals surface area contributed by atoms with Gasteiger partial charge < -0.3 is 4.42 Å². The van der Waals surface area contributed by atoms with Gasteiger partial charge in [-0.25, -0.2) is 16.8 Å². The number of thiophene rings is 1. The van der Waals surface area contributed by atoms with E-state index in [0.717, 1.165) is 4.88 Å². The highest BCUT2D eigenvalue weighted by Crippen LogP contribution is 2.25. The number of sulfonamides is 2. The molecule has 2 aromatic heterocycles.